The first-order chi connectivity index (χ1) is 6.63. The fraction of sp³-hybridized carbons (Fsp3) is 0.400. The first kappa shape index (κ1) is 10.7. The normalized spacial score (nSPS) is 12.2. The van der Waals surface area contributed by atoms with Crippen LogP contribution in [0.25, 0.3) is 0 Å². The molecule has 0 radical (unpaired) electrons. The van der Waals surface area contributed by atoms with E-state index in [4.69, 9.17) is 5.73 Å². The molecule has 76 valence electrons. The maximum atomic E-state index is 11.0. The molecule has 1 rings (SSSR count). The summed E-state index contributed by atoms with van der Waals surface area (Å²) in [4.78, 5) is 15.1. The van der Waals surface area contributed by atoms with E-state index in [-0.39, 0.29) is 5.97 Å². The van der Waals surface area contributed by atoms with Crippen molar-refractivity contribution in [3.05, 3.63) is 29.6 Å². The number of hydrogen-bond acceptors (Lipinski definition) is 4. The van der Waals surface area contributed by atoms with E-state index in [1.165, 1.54) is 7.11 Å². The second-order valence-electron chi connectivity index (χ2n) is 3.14. The van der Waals surface area contributed by atoms with Crippen LogP contribution in [0, 0.1) is 6.92 Å². The van der Waals surface area contributed by atoms with E-state index in [1.807, 2.05) is 19.1 Å². The zero-order valence-corrected chi connectivity index (χ0v) is 8.36. The molecule has 4 heteroatoms. The largest absolute Gasteiger partial charge is 0.468 e. The number of hydrogen-bond donors (Lipinski definition) is 1. The first-order valence-corrected chi connectivity index (χ1v) is 4.38. The Kier molecular flexibility index (Phi) is 3.59. The number of rotatable bonds is 3. The minimum Gasteiger partial charge on any atom is -0.468 e. The molecule has 4 nitrogen and oxygen atoms in total. The van der Waals surface area contributed by atoms with Gasteiger partial charge in [-0.1, -0.05) is 0 Å². The molecule has 1 aromatic heterocycles. The van der Waals surface area contributed by atoms with Crippen molar-refractivity contribution in [1.29, 1.82) is 0 Å². The maximum absolute atomic E-state index is 11.0. The minimum atomic E-state index is -0.596. The summed E-state index contributed by atoms with van der Waals surface area (Å²) in [6, 6.07) is 3.15. The molecule has 0 saturated heterocycles. The Labute approximate surface area is 83.1 Å². The highest BCUT2D eigenvalue weighted by atomic mass is 16.5. The summed E-state index contributed by atoms with van der Waals surface area (Å²) in [5, 5.41) is 0. The Balaban J connectivity index is 2.64. The maximum Gasteiger partial charge on any atom is 0.322 e. The van der Waals surface area contributed by atoms with Crippen LogP contribution in [0.1, 0.15) is 11.3 Å². The average Bonchev–Trinajstić information content (AvgIpc) is 2.16. The molecule has 0 unspecified atom stereocenters. The van der Waals surface area contributed by atoms with Crippen molar-refractivity contribution in [3.8, 4) is 0 Å². The van der Waals surface area contributed by atoms with Crippen LogP contribution in [0.2, 0.25) is 0 Å². The lowest BCUT2D eigenvalue weighted by atomic mass is 10.1. The number of pyridine rings is 1. The van der Waals surface area contributed by atoms with E-state index in [9.17, 15) is 4.79 Å². The van der Waals surface area contributed by atoms with Gasteiger partial charge < -0.3 is 10.5 Å². The molecule has 1 atom stereocenters. The molecule has 0 saturated carbocycles. The summed E-state index contributed by atoms with van der Waals surface area (Å²) in [7, 11) is 1.33. The van der Waals surface area contributed by atoms with Crippen molar-refractivity contribution in [1.82, 2.24) is 4.98 Å². The Morgan fingerprint density at radius 1 is 1.71 bits per heavy atom. The van der Waals surface area contributed by atoms with Gasteiger partial charge in [-0.05, 0) is 31.0 Å². The molecule has 0 bridgehead atoms. The van der Waals surface area contributed by atoms with Gasteiger partial charge >= 0.3 is 5.97 Å². The van der Waals surface area contributed by atoms with Gasteiger partial charge in [-0.3, -0.25) is 9.78 Å². The monoisotopic (exact) mass is 194 g/mol. The van der Waals surface area contributed by atoms with Gasteiger partial charge in [-0.25, -0.2) is 0 Å². The zero-order valence-electron chi connectivity index (χ0n) is 8.36. The van der Waals surface area contributed by atoms with Gasteiger partial charge in [0.2, 0.25) is 0 Å². The number of aryl methyl sites for hydroxylation is 1. The molecular formula is C10H14N2O2. The average molecular weight is 194 g/mol. The van der Waals surface area contributed by atoms with Crippen LogP contribution in [0.4, 0.5) is 0 Å². The number of ether oxygens (including phenoxy) is 1. The number of nitrogens with zero attached hydrogens (tertiary/aromatic N) is 1. The van der Waals surface area contributed by atoms with Gasteiger partial charge in [0.05, 0.1) is 7.11 Å². The highest BCUT2D eigenvalue weighted by Crippen LogP contribution is 2.04. The molecule has 0 aliphatic carbocycles. The van der Waals surface area contributed by atoms with E-state index in [1.54, 1.807) is 6.20 Å². The van der Waals surface area contributed by atoms with E-state index in [0.717, 1.165) is 11.3 Å². The van der Waals surface area contributed by atoms with Crippen molar-refractivity contribution in [2.75, 3.05) is 7.11 Å². The SMILES string of the molecule is COC(=O)[C@H](N)Cc1ccnc(C)c1. The Morgan fingerprint density at radius 2 is 2.43 bits per heavy atom. The predicted octanol–water partition coefficient (Wildman–Crippen LogP) is 0.433. The smallest absolute Gasteiger partial charge is 0.322 e. The van der Waals surface area contributed by atoms with Crippen LogP contribution in [-0.4, -0.2) is 24.1 Å². The Bertz CT molecular complexity index is 326. The topological polar surface area (TPSA) is 65.2 Å². The molecule has 0 aliphatic rings. The zero-order chi connectivity index (χ0) is 10.6. The minimum absolute atomic E-state index is 0.389. The Morgan fingerprint density at radius 3 is 3.00 bits per heavy atom. The molecule has 0 aromatic carbocycles. The predicted molar refractivity (Wildman–Crippen MR) is 52.7 cm³/mol. The quantitative estimate of drug-likeness (QED) is 0.709. The molecule has 2 N–H and O–H groups in total. The Hall–Kier alpha value is -1.42. The van der Waals surface area contributed by atoms with Crippen molar-refractivity contribution in [2.24, 2.45) is 5.73 Å². The second kappa shape index (κ2) is 4.72. The number of aromatic nitrogens is 1. The van der Waals surface area contributed by atoms with E-state index < -0.39 is 6.04 Å². The molecule has 1 aromatic rings. The lowest BCUT2D eigenvalue weighted by Crippen LogP contribution is -2.33. The molecule has 1 heterocycles. The van der Waals surface area contributed by atoms with Gasteiger partial charge in [0.1, 0.15) is 6.04 Å². The van der Waals surface area contributed by atoms with E-state index in [0.29, 0.717) is 6.42 Å². The molecular weight excluding hydrogens is 180 g/mol. The third-order valence-corrected chi connectivity index (χ3v) is 1.92. The highest BCUT2D eigenvalue weighted by molar-refractivity contribution is 5.75. The summed E-state index contributed by atoms with van der Waals surface area (Å²) in [5.41, 5.74) is 7.53. The summed E-state index contributed by atoms with van der Waals surface area (Å²) >= 11 is 0. The highest BCUT2D eigenvalue weighted by Gasteiger charge is 2.13. The summed E-state index contributed by atoms with van der Waals surface area (Å²) in [5.74, 6) is -0.389. The van der Waals surface area contributed by atoms with Crippen LogP contribution in [0.3, 0.4) is 0 Å². The lowest BCUT2D eigenvalue weighted by Gasteiger charge is -2.08. The molecule has 0 spiro atoms. The van der Waals surface area contributed by atoms with Crippen LogP contribution in [0.5, 0.6) is 0 Å². The van der Waals surface area contributed by atoms with Crippen LogP contribution < -0.4 is 5.73 Å². The fourth-order valence-corrected chi connectivity index (χ4v) is 1.22. The third-order valence-electron chi connectivity index (χ3n) is 1.92. The summed E-state index contributed by atoms with van der Waals surface area (Å²) < 4.78 is 4.53. The van der Waals surface area contributed by atoms with Gasteiger partial charge in [-0.2, -0.15) is 0 Å². The second-order valence-corrected chi connectivity index (χ2v) is 3.14. The number of carbonyl (C=O) groups is 1. The van der Waals surface area contributed by atoms with Gasteiger partial charge in [0.25, 0.3) is 0 Å². The van der Waals surface area contributed by atoms with E-state index >= 15 is 0 Å². The van der Waals surface area contributed by atoms with Crippen molar-refractivity contribution >= 4 is 5.97 Å². The third kappa shape index (κ3) is 2.81. The van der Waals surface area contributed by atoms with Gasteiger partial charge in [-0.15, -0.1) is 0 Å². The number of nitrogens with two attached hydrogens (primary N) is 1. The van der Waals surface area contributed by atoms with Crippen LogP contribution >= 0.6 is 0 Å². The van der Waals surface area contributed by atoms with Gasteiger partial charge in [0.15, 0.2) is 0 Å². The van der Waals surface area contributed by atoms with Crippen LogP contribution in [0.15, 0.2) is 18.3 Å². The van der Waals surface area contributed by atoms with E-state index in [2.05, 4.69) is 9.72 Å². The lowest BCUT2D eigenvalue weighted by molar-refractivity contribution is -0.142. The molecule has 14 heavy (non-hydrogen) atoms. The summed E-state index contributed by atoms with van der Waals surface area (Å²) in [6.07, 6.45) is 2.19. The molecule has 0 amide bonds. The fourth-order valence-electron chi connectivity index (χ4n) is 1.22. The number of esters is 1. The molecule has 0 fully saturated rings. The summed E-state index contributed by atoms with van der Waals surface area (Å²) in [6.45, 7) is 1.90. The van der Waals surface area contributed by atoms with Crippen molar-refractivity contribution < 1.29 is 9.53 Å². The molecule has 0 aliphatic heterocycles. The number of methoxy groups -OCH3 is 1. The van der Waals surface area contributed by atoms with Crippen molar-refractivity contribution in [3.63, 3.8) is 0 Å². The van der Waals surface area contributed by atoms with Crippen LogP contribution in [-0.2, 0) is 16.0 Å². The van der Waals surface area contributed by atoms with Gasteiger partial charge in [0, 0.05) is 11.9 Å². The first-order valence-electron chi connectivity index (χ1n) is 4.38. The van der Waals surface area contributed by atoms with Crippen molar-refractivity contribution in [2.45, 2.75) is 19.4 Å². The number of carbonyl (C=O) groups excluding carboxylic acids is 1. The standard InChI is InChI=1S/C10H14N2O2/c1-7-5-8(3-4-12-7)6-9(11)10(13)14-2/h3-5,9H,6,11H2,1-2H3/t9-/m1/s1.